The maximum absolute atomic E-state index is 2.34. The largest absolute Gasteiger partial charge is 0.0622 e. The van der Waals surface area contributed by atoms with Gasteiger partial charge in [-0.2, -0.15) is 0 Å². The van der Waals surface area contributed by atoms with Crippen LogP contribution in [0, 0.1) is 0 Å². The molecule has 0 saturated carbocycles. The molecule has 0 heterocycles. The highest BCUT2D eigenvalue weighted by molar-refractivity contribution is 6.22. The molecule has 0 heteroatoms. The van der Waals surface area contributed by atoms with Gasteiger partial charge in [-0.1, -0.05) is 182 Å². The molecule has 9 aromatic rings. The average molecular weight is 597 g/mol. The molecule has 0 spiro atoms. The van der Waals surface area contributed by atoms with Crippen LogP contribution in [-0.2, 0) is 6.42 Å². The molecule has 0 aliphatic heterocycles. The van der Waals surface area contributed by atoms with Crippen LogP contribution in [0.1, 0.15) is 11.1 Å². The van der Waals surface area contributed by atoms with Crippen LogP contribution in [0.25, 0.3) is 76.5 Å². The molecule has 0 atom stereocenters. The van der Waals surface area contributed by atoms with E-state index in [2.05, 4.69) is 182 Å². The van der Waals surface area contributed by atoms with Crippen LogP contribution >= 0.6 is 0 Å². The Morgan fingerprint density at radius 1 is 0.255 bits per heavy atom. The third-order valence-corrected chi connectivity index (χ3v) is 9.79. The van der Waals surface area contributed by atoms with Gasteiger partial charge in [0, 0.05) is 0 Å². The highest BCUT2D eigenvalue weighted by Crippen LogP contribution is 2.44. The Bertz CT molecular complexity index is 2520. The minimum atomic E-state index is 0.856. The van der Waals surface area contributed by atoms with E-state index in [-0.39, 0.29) is 0 Å². The minimum Gasteiger partial charge on any atom is -0.0622 e. The van der Waals surface area contributed by atoms with Crippen LogP contribution in [0.4, 0.5) is 0 Å². The Kier molecular flexibility index (Phi) is 6.65. The van der Waals surface area contributed by atoms with E-state index in [1.807, 2.05) is 0 Å². The van der Waals surface area contributed by atoms with Crippen molar-refractivity contribution in [2.45, 2.75) is 6.42 Å². The molecule has 0 fully saturated rings. The third-order valence-electron chi connectivity index (χ3n) is 9.79. The summed E-state index contributed by atoms with van der Waals surface area (Å²) in [5.41, 5.74) is 10.4. The van der Waals surface area contributed by atoms with Gasteiger partial charge < -0.3 is 0 Å². The molecule has 9 rings (SSSR count). The van der Waals surface area contributed by atoms with Gasteiger partial charge in [0.1, 0.15) is 0 Å². The van der Waals surface area contributed by atoms with Crippen molar-refractivity contribution in [2.24, 2.45) is 0 Å². The lowest BCUT2D eigenvalue weighted by Crippen LogP contribution is -1.97. The van der Waals surface area contributed by atoms with Crippen LogP contribution in [0.3, 0.4) is 0 Å². The van der Waals surface area contributed by atoms with Crippen molar-refractivity contribution in [1.82, 2.24) is 0 Å². The average Bonchev–Trinajstić information content (AvgIpc) is 3.15. The van der Waals surface area contributed by atoms with Crippen molar-refractivity contribution < 1.29 is 0 Å². The first kappa shape index (κ1) is 27.3. The highest BCUT2D eigenvalue weighted by atomic mass is 14.2. The molecule has 0 aromatic heterocycles. The second-order valence-electron chi connectivity index (χ2n) is 12.4. The summed E-state index contributed by atoms with van der Waals surface area (Å²) in [5, 5.41) is 10.3. The first-order valence-electron chi connectivity index (χ1n) is 16.4. The van der Waals surface area contributed by atoms with E-state index in [4.69, 9.17) is 0 Å². The van der Waals surface area contributed by atoms with Gasteiger partial charge in [0.15, 0.2) is 0 Å². The molecule has 0 amide bonds. The summed E-state index contributed by atoms with van der Waals surface area (Å²) in [7, 11) is 0. The topological polar surface area (TPSA) is 0 Å². The van der Waals surface area contributed by atoms with Crippen molar-refractivity contribution in [3.05, 3.63) is 193 Å². The standard InChI is InChI=1S/C47H32/c1-3-15-32(16-4-1)35-20-8-7-19-34(35)31-46-39-21-9-11-23-43(39)47(44-24-12-10-22-40(44)46)45-28-14-27-38-37-26-13-25-36(33-17-5-2-6-18-33)41(37)29-30-42(38)45/h1-30H,31H2. The second-order valence-corrected chi connectivity index (χ2v) is 12.4. The Hall–Kier alpha value is -5.98. The van der Waals surface area contributed by atoms with E-state index < -0.39 is 0 Å². The van der Waals surface area contributed by atoms with E-state index in [1.54, 1.807) is 0 Å². The van der Waals surface area contributed by atoms with Gasteiger partial charge >= 0.3 is 0 Å². The van der Waals surface area contributed by atoms with Crippen LogP contribution in [0.2, 0.25) is 0 Å². The van der Waals surface area contributed by atoms with Crippen LogP contribution < -0.4 is 0 Å². The lowest BCUT2D eigenvalue weighted by molar-refractivity contribution is 1.23. The Morgan fingerprint density at radius 2 is 0.681 bits per heavy atom. The van der Waals surface area contributed by atoms with Crippen molar-refractivity contribution in [3.8, 4) is 33.4 Å². The molecule has 47 heavy (non-hydrogen) atoms. The molecule has 0 radical (unpaired) electrons. The van der Waals surface area contributed by atoms with E-state index in [0.717, 1.165) is 6.42 Å². The molecule has 0 aliphatic carbocycles. The first-order chi connectivity index (χ1) is 23.3. The Labute approximate surface area is 275 Å². The zero-order valence-electron chi connectivity index (χ0n) is 26.0. The summed E-state index contributed by atoms with van der Waals surface area (Å²) in [6.07, 6.45) is 0.856. The number of fused-ring (bicyclic) bond motifs is 5. The first-order valence-corrected chi connectivity index (χ1v) is 16.4. The molecule has 0 bridgehead atoms. The fourth-order valence-corrected chi connectivity index (χ4v) is 7.68. The number of hydrogen-bond acceptors (Lipinski definition) is 0. The van der Waals surface area contributed by atoms with Crippen LogP contribution in [0.15, 0.2) is 182 Å². The number of benzene rings is 9. The molecule has 220 valence electrons. The molecular formula is C47H32. The van der Waals surface area contributed by atoms with Crippen LogP contribution in [0.5, 0.6) is 0 Å². The molecule has 0 unspecified atom stereocenters. The van der Waals surface area contributed by atoms with E-state index in [1.165, 1.54) is 87.6 Å². The molecule has 0 nitrogen and oxygen atoms in total. The van der Waals surface area contributed by atoms with E-state index in [0.29, 0.717) is 0 Å². The Morgan fingerprint density at radius 3 is 1.30 bits per heavy atom. The van der Waals surface area contributed by atoms with Gasteiger partial charge in [-0.05, 0) is 94.0 Å². The maximum Gasteiger partial charge on any atom is -0.000728 e. The lowest BCUT2D eigenvalue weighted by atomic mass is 9.83. The SMILES string of the molecule is c1ccc(-c2ccccc2Cc2c3ccccc3c(-c3cccc4c3ccc3c(-c5ccccc5)cccc34)c3ccccc23)cc1. The predicted molar refractivity (Wildman–Crippen MR) is 202 cm³/mol. The number of rotatable bonds is 5. The summed E-state index contributed by atoms with van der Waals surface area (Å²) < 4.78 is 0. The molecule has 0 aliphatic rings. The zero-order chi connectivity index (χ0) is 31.2. The van der Waals surface area contributed by atoms with Gasteiger partial charge in [-0.15, -0.1) is 0 Å². The van der Waals surface area contributed by atoms with Gasteiger partial charge in [-0.3, -0.25) is 0 Å². The molecular weight excluding hydrogens is 565 g/mol. The summed E-state index contributed by atoms with van der Waals surface area (Å²) in [6, 6.07) is 66.6. The fraction of sp³-hybridized carbons (Fsp3) is 0.0213. The summed E-state index contributed by atoms with van der Waals surface area (Å²) in [4.78, 5) is 0. The van der Waals surface area contributed by atoms with Gasteiger partial charge in [0.25, 0.3) is 0 Å². The smallest absolute Gasteiger partial charge is 0.000728 e. The maximum atomic E-state index is 2.34. The zero-order valence-corrected chi connectivity index (χ0v) is 26.0. The molecule has 9 aromatic carbocycles. The predicted octanol–water partition coefficient (Wildman–Crippen LogP) is 12.9. The molecule has 0 N–H and O–H groups in total. The van der Waals surface area contributed by atoms with Crippen molar-refractivity contribution in [1.29, 1.82) is 0 Å². The highest BCUT2D eigenvalue weighted by Gasteiger charge is 2.19. The summed E-state index contributed by atoms with van der Waals surface area (Å²) in [6.45, 7) is 0. The fourth-order valence-electron chi connectivity index (χ4n) is 7.68. The van der Waals surface area contributed by atoms with Crippen molar-refractivity contribution in [2.75, 3.05) is 0 Å². The van der Waals surface area contributed by atoms with Gasteiger partial charge in [0.2, 0.25) is 0 Å². The van der Waals surface area contributed by atoms with Crippen molar-refractivity contribution >= 4 is 43.1 Å². The monoisotopic (exact) mass is 596 g/mol. The quantitative estimate of drug-likeness (QED) is 0.137. The van der Waals surface area contributed by atoms with E-state index >= 15 is 0 Å². The summed E-state index contributed by atoms with van der Waals surface area (Å²) in [5.74, 6) is 0. The molecule has 0 saturated heterocycles. The normalized spacial score (nSPS) is 11.5. The van der Waals surface area contributed by atoms with Crippen molar-refractivity contribution in [3.63, 3.8) is 0 Å². The summed E-state index contributed by atoms with van der Waals surface area (Å²) >= 11 is 0. The minimum absolute atomic E-state index is 0.856. The van der Waals surface area contributed by atoms with Crippen LogP contribution in [-0.4, -0.2) is 0 Å². The third kappa shape index (κ3) is 4.61. The van der Waals surface area contributed by atoms with Gasteiger partial charge in [-0.25, -0.2) is 0 Å². The lowest BCUT2D eigenvalue weighted by Gasteiger charge is -2.20. The second kappa shape index (κ2) is 11.4. The van der Waals surface area contributed by atoms with E-state index in [9.17, 15) is 0 Å². The Balaban J connectivity index is 1.29. The number of hydrogen-bond donors (Lipinski definition) is 0. The van der Waals surface area contributed by atoms with Gasteiger partial charge in [0.05, 0.1) is 0 Å².